The first-order valence-corrected chi connectivity index (χ1v) is 9.71. The highest BCUT2D eigenvalue weighted by atomic mass is 32.1. The van der Waals surface area contributed by atoms with Crippen LogP contribution in [0.4, 0.5) is 0 Å². The fourth-order valence-electron chi connectivity index (χ4n) is 3.36. The van der Waals surface area contributed by atoms with E-state index in [-0.39, 0.29) is 0 Å². The Morgan fingerprint density at radius 3 is 3.04 bits per heavy atom. The third-order valence-corrected chi connectivity index (χ3v) is 5.83. The predicted octanol–water partition coefficient (Wildman–Crippen LogP) is 3.94. The lowest BCUT2D eigenvalue weighted by Gasteiger charge is -2.27. The summed E-state index contributed by atoms with van der Waals surface area (Å²) in [5, 5.41) is 2.05. The Hall–Kier alpha value is -2.05. The zero-order valence-electron chi connectivity index (χ0n) is 14.2. The molecule has 1 aliphatic heterocycles. The maximum atomic E-state index is 5.87. The van der Waals surface area contributed by atoms with E-state index in [4.69, 9.17) is 14.4 Å². The van der Waals surface area contributed by atoms with E-state index in [0.29, 0.717) is 5.92 Å². The molecule has 0 radical (unpaired) electrons. The summed E-state index contributed by atoms with van der Waals surface area (Å²) < 4.78 is 5.87. The van der Waals surface area contributed by atoms with Crippen molar-refractivity contribution in [3.63, 3.8) is 0 Å². The maximum absolute atomic E-state index is 5.87. The summed E-state index contributed by atoms with van der Waals surface area (Å²) in [7, 11) is 0. The van der Waals surface area contributed by atoms with Crippen LogP contribution in [-0.4, -0.2) is 26.4 Å². The summed E-state index contributed by atoms with van der Waals surface area (Å²) in [5.41, 5.74) is 3.53. The number of fused-ring (bicyclic) bond motifs is 1. The van der Waals surface area contributed by atoms with Gasteiger partial charge in [-0.05, 0) is 31.2 Å². The number of aromatic nitrogens is 3. The van der Waals surface area contributed by atoms with Crippen LogP contribution >= 0.6 is 11.3 Å². The Morgan fingerprint density at radius 2 is 2.24 bits per heavy atom. The lowest BCUT2D eigenvalue weighted by molar-refractivity contribution is 0.239. The average Bonchev–Trinajstić information content (AvgIpc) is 3.21. The highest BCUT2D eigenvalue weighted by Crippen LogP contribution is 2.38. The summed E-state index contributed by atoms with van der Waals surface area (Å²) in [5.74, 6) is 3.32. The number of rotatable bonds is 4. The van der Waals surface area contributed by atoms with Gasteiger partial charge in [0.05, 0.1) is 10.6 Å². The van der Waals surface area contributed by atoms with Gasteiger partial charge in [-0.2, -0.15) is 0 Å². The van der Waals surface area contributed by atoms with E-state index >= 15 is 0 Å². The minimum absolute atomic E-state index is 0.622. The lowest BCUT2D eigenvalue weighted by atomic mass is 10.1. The van der Waals surface area contributed by atoms with Gasteiger partial charge in [-0.1, -0.05) is 6.07 Å². The van der Waals surface area contributed by atoms with Gasteiger partial charge in [0, 0.05) is 49.4 Å². The summed E-state index contributed by atoms with van der Waals surface area (Å²) in [6.07, 6.45) is 5.53. The third-order valence-electron chi connectivity index (χ3n) is 4.97. The second-order valence-corrected chi connectivity index (χ2v) is 7.88. The molecule has 6 heteroatoms. The first-order chi connectivity index (χ1) is 12.3. The van der Waals surface area contributed by atoms with Gasteiger partial charge in [0.1, 0.15) is 11.6 Å². The molecule has 1 fully saturated rings. The molecule has 2 aliphatic rings. The van der Waals surface area contributed by atoms with Crippen LogP contribution < -0.4 is 0 Å². The maximum Gasteiger partial charge on any atom is 0.236 e. The SMILES string of the molecule is Cc1oc(-c2cccs2)nc1CN1CCc2nc(C3CC3)ncc2C1. The molecule has 0 saturated heterocycles. The first kappa shape index (κ1) is 15.2. The van der Waals surface area contributed by atoms with E-state index in [2.05, 4.69) is 9.88 Å². The quantitative estimate of drug-likeness (QED) is 0.712. The van der Waals surface area contributed by atoms with Crippen LogP contribution in [0, 0.1) is 6.92 Å². The summed E-state index contributed by atoms with van der Waals surface area (Å²) in [6.45, 7) is 4.71. The molecule has 1 aliphatic carbocycles. The normalized spacial score (nSPS) is 17.6. The van der Waals surface area contributed by atoms with Gasteiger partial charge in [0.2, 0.25) is 5.89 Å². The topological polar surface area (TPSA) is 55.1 Å². The number of oxazole rings is 1. The number of hydrogen-bond acceptors (Lipinski definition) is 6. The molecular weight excluding hydrogens is 332 g/mol. The summed E-state index contributed by atoms with van der Waals surface area (Å²) in [4.78, 5) is 17.6. The monoisotopic (exact) mass is 352 g/mol. The molecule has 1 saturated carbocycles. The minimum Gasteiger partial charge on any atom is -0.440 e. The van der Waals surface area contributed by atoms with Crippen molar-refractivity contribution in [3.8, 4) is 10.8 Å². The standard InChI is InChI=1S/C19H20N4OS/c1-12-16(22-19(24-12)17-3-2-8-25-17)11-23-7-6-15-14(10-23)9-20-18(21-15)13-4-5-13/h2-3,8-9,13H,4-7,10-11H2,1H3. The van der Waals surface area contributed by atoms with E-state index < -0.39 is 0 Å². The van der Waals surface area contributed by atoms with Gasteiger partial charge in [-0.25, -0.2) is 15.0 Å². The van der Waals surface area contributed by atoms with Crippen LogP contribution in [0.1, 0.15) is 47.3 Å². The Labute approximate surface area is 150 Å². The molecule has 5 nitrogen and oxygen atoms in total. The molecule has 4 heterocycles. The van der Waals surface area contributed by atoms with Crippen molar-refractivity contribution in [1.82, 2.24) is 19.9 Å². The molecule has 0 aromatic carbocycles. The zero-order valence-corrected chi connectivity index (χ0v) is 15.1. The van der Waals surface area contributed by atoms with Crippen LogP contribution in [-0.2, 0) is 19.5 Å². The van der Waals surface area contributed by atoms with E-state index in [9.17, 15) is 0 Å². The number of thiophene rings is 1. The van der Waals surface area contributed by atoms with Crippen molar-refractivity contribution in [3.05, 3.63) is 52.2 Å². The fourth-order valence-corrected chi connectivity index (χ4v) is 4.00. The molecule has 0 unspecified atom stereocenters. The first-order valence-electron chi connectivity index (χ1n) is 8.83. The molecule has 0 bridgehead atoms. The van der Waals surface area contributed by atoms with Crippen LogP contribution in [0.2, 0.25) is 0 Å². The lowest BCUT2D eigenvalue weighted by Crippen LogP contribution is -2.31. The van der Waals surface area contributed by atoms with Crippen molar-refractivity contribution < 1.29 is 4.42 Å². The molecule has 0 N–H and O–H groups in total. The summed E-state index contributed by atoms with van der Waals surface area (Å²) >= 11 is 1.66. The van der Waals surface area contributed by atoms with E-state index in [1.807, 2.05) is 30.6 Å². The van der Waals surface area contributed by atoms with Gasteiger partial charge >= 0.3 is 0 Å². The Kier molecular flexibility index (Phi) is 3.68. The number of aryl methyl sites for hydroxylation is 1. The molecule has 3 aromatic heterocycles. The van der Waals surface area contributed by atoms with Gasteiger partial charge in [-0.15, -0.1) is 11.3 Å². The molecule has 25 heavy (non-hydrogen) atoms. The molecule has 0 atom stereocenters. The molecule has 128 valence electrons. The van der Waals surface area contributed by atoms with Crippen molar-refractivity contribution in [2.45, 2.75) is 45.2 Å². The van der Waals surface area contributed by atoms with Crippen LogP contribution in [0.15, 0.2) is 28.1 Å². The Balaban J connectivity index is 1.32. The average molecular weight is 352 g/mol. The van der Waals surface area contributed by atoms with E-state index in [1.165, 1.54) is 24.1 Å². The van der Waals surface area contributed by atoms with Crippen molar-refractivity contribution in [1.29, 1.82) is 0 Å². The van der Waals surface area contributed by atoms with Gasteiger partial charge in [0.25, 0.3) is 0 Å². The van der Waals surface area contributed by atoms with E-state index in [0.717, 1.165) is 54.1 Å². The highest BCUT2D eigenvalue weighted by molar-refractivity contribution is 7.13. The second kappa shape index (κ2) is 6.04. The number of hydrogen-bond donors (Lipinski definition) is 0. The fraction of sp³-hybridized carbons (Fsp3) is 0.421. The van der Waals surface area contributed by atoms with Crippen LogP contribution in [0.3, 0.4) is 0 Å². The molecule has 3 aromatic rings. The highest BCUT2D eigenvalue weighted by Gasteiger charge is 2.28. The van der Waals surface area contributed by atoms with Crippen LogP contribution in [0.25, 0.3) is 10.8 Å². The second-order valence-electron chi connectivity index (χ2n) is 6.93. The van der Waals surface area contributed by atoms with E-state index in [1.54, 1.807) is 11.3 Å². The van der Waals surface area contributed by atoms with Gasteiger partial charge < -0.3 is 4.42 Å². The van der Waals surface area contributed by atoms with Crippen LogP contribution in [0.5, 0.6) is 0 Å². The molecule has 0 amide bonds. The molecular formula is C19H20N4OS. The molecule has 5 rings (SSSR count). The molecule has 0 spiro atoms. The van der Waals surface area contributed by atoms with Crippen molar-refractivity contribution in [2.24, 2.45) is 0 Å². The van der Waals surface area contributed by atoms with Gasteiger partial charge in [0.15, 0.2) is 0 Å². The predicted molar refractivity (Wildman–Crippen MR) is 96.4 cm³/mol. The minimum atomic E-state index is 0.622. The third kappa shape index (κ3) is 3.00. The number of nitrogens with zero attached hydrogens (tertiary/aromatic N) is 4. The Bertz CT molecular complexity index is 898. The smallest absolute Gasteiger partial charge is 0.236 e. The van der Waals surface area contributed by atoms with Crippen molar-refractivity contribution in [2.75, 3.05) is 6.54 Å². The zero-order chi connectivity index (χ0) is 16.8. The van der Waals surface area contributed by atoms with Crippen molar-refractivity contribution >= 4 is 11.3 Å². The van der Waals surface area contributed by atoms with Gasteiger partial charge in [-0.3, -0.25) is 4.90 Å². The summed E-state index contributed by atoms with van der Waals surface area (Å²) in [6, 6.07) is 4.07. The Morgan fingerprint density at radius 1 is 1.32 bits per heavy atom. The largest absolute Gasteiger partial charge is 0.440 e.